The number of carbonyl (C=O) groups is 1. The van der Waals surface area contributed by atoms with Crippen molar-refractivity contribution in [3.63, 3.8) is 0 Å². The summed E-state index contributed by atoms with van der Waals surface area (Å²) in [6.45, 7) is 1.60. The second-order valence-electron chi connectivity index (χ2n) is 4.33. The van der Waals surface area contributed by atoms with E-state index < -0.39 is 11.7 Å². The molecule has 0 aliphatic rings. The monoisotopic (exact) mass is 276 g/mol. The second-order valence-corrected chi connectivity index (χ2v) is 4.33. The summed E-state index contributed by atoms with van der Waals surface area (Å²) >= 11 is 0. The van der Waals surface area contributed by atoms with E-state index in [0.29, 0.717) is 11.3 Å². The molecule has 2 rings (SSSR count). The number of halogens is 2. The average Bonchev–Trinajstić information content (AvgIpc) is 2.42. The van der Waals surface area contributed by atoms with Crippen LogP contribution in [0.5, 0.6) is 0 Å². The third-order valence-electron chi connectivity index (χ3n) is 2.92. The molecular formula is C15H14F2N2O. The van der Waals surface area contributed by atoms with Gasteiger partial charge >= 0.3 is 0 Å². The van der Waals surface area contributed by atoms with Crippen LogP contribution in [0.3, 0.4) is 0 Å². The highest BCUT2D eigenvalue weighted by Gasteiger charge is 2.14. The van der Waals surface area contributed by atoms with E-state index in [1.54, 1.807) is 6.92 Å². The Bertz CT molecular complexity index is 656. The molecule has 0 fully saturated rings. The third kappa shape index (κ3) is 2.77. The number of amides is 1. The van der Waals surface area contributed by atoms with E-state index in [1.165, 1.54) is 43.4 Å². The zero-order valence-electron chi connectivity index (χ0n) is 11.1. The van der Waals surface area contributed by atoms with Crippen LogP contribution in [-0.4, -0.2) is 13.0 Å². The van der Waals surface area contributed by atoms with Gasteiger partial charge in [-0.2, -0.15) is 0 Å². The maximum atomic E-state index is 13.6. The molecule has 0 aliphatic heterocycles. The second kappa shape index (κ2) is 5.69. The molecule has 0 spiro atoms. The van der Waals surface area contributed by atoms with Crippen LogP contribution in [0.4, 0.5) is 20.2 Å². The van der Waals surface area contributed by atoms with Crippen LogP contribution < -0.4 is 10.6 Å². The molecule has 2 aromatic carbocycles. The third-order valence-corrected chi connectivity index (χ3v) is 2.92. The van der Waals surface area contributed by atoms with Crippen molar-refractivity contribution in [2.45, 2.75) is 6.92 Å². The van der Waals surface area contributed by atoms with Crippen LogP contribution >= 0.6 is 0 Å². The lowest BCUT2D eigenvalue weighted by Gasteiger charge is -2.11. The summed E-state index contributed by atoms with van der Waals surface area (Å²) in [7, 11) is 1.54. The molecule has 0 aliphatic carbocycles. The van der Waals surface area contributed by atoms with Gasteiger partial charge in [-0.25, -0.2) is 8.78 Å². The Balaban J connectivity index is 2.28. The summed E-state index contributed by atoms with van der Waals surface area (Å²) in [5, 5.41) is 5.27. The molecule has 0 saturated carbocycles. The van der Waals surface area contributed by atoms with Gasteiger partial charge in [0.1, 0.15) is 11.6 Å². The van der Waals surface area contributed by atoms with E-state index in [1.807, 2.05) is 0 Å². The Kier molecular flexibility index (Phi) is 3.98. The summed E-state index contributed by atoms with van der Waals surface area (Å²) in [6.07, 6.45) is 0. The molecule has 20 heavy (non-hydrogen) atoms. The van der Waals surface area contributed by atoms with Crippen molar-refractivity contribution in [2.75, 3.05) is 17.7 Å². The predicted molar refractivity (Wildman–Crippen MR) is 75.0 cm³/mol. The van der Waals surface area contributed by atoms with Gasteiger partial charge in [0, 0.05) is 12.7 Å². The van der Waals surface area contributed by atoms with Gasteiger partial charge in [0.25, 0.3) is 5.91 Å². The van der Waals surface area contributed by atoms with Crippen molar-refractivity contribution in [3.8, 4) is 0 Å². The molecule has 0 radical (unpaired) electrons. The van der Waals surface area contributed by atoms with Crippen LogP contribution in [0.2, 0.25) is 0 Å². The van der Waals surface area contributed by atoms with Crippen molar-refractivity contribution in [1.29, 1.82) is 0 Å². The molecule has 0 bridgehead atoms. The lowest BCUT2D eigenvalue weighted by atomic mass is 10.1. The molecule has 0 saturated heterocycles. The Morgan fingerprint density at radius 2 is 1.85 bits per heavy atom. The van der Waals surface area contributed by atoms with E-state index in [0.717, 1.165) is 0 Å². The molecular weight excluding hydrogens is 262 g/mol. The smallest absolute Gasteiger partial charge is 0.257 e. The van der Waals surface area contributed by atoms with Crippen molar-refractivity contribution in [1.82, 2.24) is 0 Å². The average molecular weight is 276 g/mol. The number of para-hydroxylation sites is 1. The number of anilines is 2. The number of carbonyl (C=O) groups excluding carboxylic acids is 1. The highest BCUT2D eigenvalue weighted by molar-refractivity contribution is 6.08. The van der Waals surface area contributed by atoms with Crippen LogP contribution in [-0.2, 0) is 0 Å². The van der Waals surface area contributed by atoms with Gasteiger partial charge in [-0.3, -0.25) is 4.79 Å². The van der Waals surface area contributed by atoms with Crippen LogP contribution in [0, 0.1) is 18.6 Å². The summed E-state index contributed by atoms with van der Waals surface area (Å²) in [5.41, 5.74) is 1.20. The molecule has 0 unspecified atom stereocenters. The van der Waals surface area contributed by atoms with Crippen LogP contribution in [0.15, 0.2) is 36.4 Å². The van der Waals surface area contributed by atoms with Crippen LogP contribution in [0.25, 0.3) is 0 Å². The van der Waals surface area contributed by atoms with Gasteiger partial charge in [-0.15, -0.1) is 0 Å². The first-order valence-electron chi connectivity index (χ1n) is 6.06. The maximum absolute atomic E-state index is 13.6. The fraction of sp³-hybridized carbons (Fsp3) is 0.133. The molecule has 1 amide bonds. The number of aryl methyl sites for hydroxylation is 1. The molecule has 2 aromatic rings. The quantitative estimate of drug-likeness (QED) is 0.899. The van der Waals surface area contributed by atoms with Crippen molar-refractivity contribution in [2.24, 2.45) is 0 Å². The SMILES string of the molecule is CNc1c(F)cccc1C(=O)Nc1ccc(F)c(C)c1. The number of benzene rings is 2. The summed E-state index contributed by atoms with van der Waals surface area (Å²) in [6, 6.07) is 8.49. The number of hydrogen-bond donors (Lipinski definition) is 2. The zero-order chi connectivity index (χ0) is 14.7. The molecule has 104 valence electrons. The Labute approximate surface area is 115 Å². The zero-order valence-corrected chi connectivity index (χ0v) is 11.1. The minimum atomic E-state index is -0.504. The molecule has 0 atom stereocenters. The van der Waals surface area contributed by atoms with Gasteiger partial charge in [-0.1, -0.05) is 6.07 Å². The van der Waals surface area contributed by atoms with E-state index >= 15 is 0 Å². The van der Waals surface area contributed by atoms with Gasteiger partial charge in [0.2, 0.25) is 0 Å². The molecule has 0 heterocycles. The molecule has 2 N–H and O–H groups in total. The highest BCUT2D eigenvalue weighted by atomic mass is 19.1. The Morgan fingerprint density at radius 3 is 2.50 bits per heavy atom. The molecule has 0 aromatic heterocycles. The first-order valence-corrected chi connectivity index (χ1v) is 6.06. The minimum Gasteiger partial charge on any atom is -0.385 e. The van der Waals surface area contributed by atoms with Crippen molar-refractivity contribution >= 4 is 17.3 Å². The number of hydrogen-bond acceptors (Lipinski definition) is 2. The van der Waals surface area contributed by atoms with Crippen molar-refractivity contribution in [3.05, 3.63) is 59.2 Å². The van der Waals surface area contributed by atoms with E-state index in [-0.39, 0.29) is 17.1 Å². The first kappa shape index (κ1) is 14.0. The summed E-state index contributed by atoms with van der Waals surface area (Å²) < 4.78 is 26.7. The summed E-state index contributed by atoms with van der Waals surface area (Å²) in [4.78, 5) is 12.1. The standard InChI is InChI=1S/C15H14F2N2O/c1-9-8-10(6-7-12(9)16)19-15(20)11-4-3-5-13(17)14(11)18-2/h3-8,18H,1-2H3,(H,19,20). The van der Waals surface area contributed by atoms with E-state index in [9.17, 15) is 13.6 Å². The van der Waals surface area contributed by atoms with Gasteiger partial charge in [0.05, 0.1) is 11.3 Å². The van der Waals surface area contributed by atoms with Gasteiger partial charge < -0.3 is 10.6 Å². The van der Waals surface area contributed by atoms with E-state index in [4.69, 9.17) is 0 Å². The van der Waals surface area contributed by atoms with Gasteiger partial charge in [-0.05, 0) is 42.8 Å². The fourth-order valence-electron chi connectivity index (χ4n) is 1.89. The number of rotatable bonds is 3. The predicted octanol–water partition coefficient (Wildman–Crippen LogP) is 3.57. The largest absolute Gasteiger partial charge is 0.385 e. The topological polar surface area (TPSA) is 41.1 Å². The first-order chi connectivity index (χ1) is 9.52. The molecule has 3 nitrogen and oxygen atoms in total. The minimum absolute atomic E-state index is 0.129. The van der Waals surface area contributed by atoms with Gasteiger partial charge in [0.15, 0.2) is 0 Å². The Hall–Kier alpha value is -2.43. The van der Waals surface area contributed by atoms with Crippen LogP contribution in [0.1, 0.15) is 15.9 Å². The van der Waals surface area contributed by atoms with Crippen molar-refractivity contribution < 1.29 is 13.6 Å². The summed E-state index contributed by atoms with van der Waals surface area (Å²) in [5.74, 6) is -1.31. The normalized spacial score (nSPS) is 10.2. The lowest BCUT2D eigenvalue weighted by Crippen LogP contribution is -2.15. The molecule has 5 heteroatoms. The highest BCUT2D eigenvalue weighted by Crippen LogP contribution is 2.21. The Morgan fingerprint density at radius 1 is 1.10 bits per heavy atom. The van der Waals surface area contributed by atoms with E-state index in [2.05, 4.69) is 10.6 Å². The number of nitrogens with one attached hydrogen (secondary N) is 2. The lowest BCUT2D eigenvalue weighted by molar-refractivity contribution is 0.102. The maximum Gasteiger partial charge on any atom is 0.257 e. The fourth-order valence-corrected chi connectivity index (χ4v) is 1.89.